The number of aryl methyl sites for hydroxylation is 1. The molecule has 10 rings (SSSR count). The van der Waals surface area contributed by atoms with Gasteiger partial charge in [0.2, 0.25) is 23.5 Å². The first-order valence-corrected chi connectivity index (χ1v) is 30.3. The molecule has 6 aromatic rings. The number of amides is 3. The quantitative estimate of drug-likeness (QED) is 0.0608. The lowest BCUT2D eigenvalue weighted by Gasteiger charge is -2.40. The lowest BCUT2D eigenvalue weighted by atomic mass is 9.85. The highest BCUT2D eigenvalue weighted by atomic mass is 32.2. The molecule has 7 heterocycles. The SMILES string of the molecule is Cc1ncsc1-c1ccc([C@H](C)NC(=O)[C@@H]2C[C@@H](O)CN2C(=O)[C@@H](NC(=O)CN2CCCC(N3CCN(c4ccc(-c5cnc6[nH]cc(C(=O)c7c(F)ccc(NS(=O)(=O)N8CC[C@@H](F)C8)c7F)c6c5)cc4)CC3)CC2)C(C)(C)C)cc1. The Kier molecular flexibility index (Phi) is 17.3. The van der Waals surface area contributed by atoms with E-state index in [2.05, 4.69) is 40.3 Å². The van der Waals surface area contributed by atoms with Crippen molar-refractivity contribution in [3.05, 3.63) is 119 Å². The molecule has 4 fully saturated rings. The number of anilines is 2. The van der Waals surface area contributed by atoms with Crippen molar-refractivity contribution in [1.82, 2.24) is 44.6 Å². The molecule has 82 heavy (non-hydrogen) atoms. The number of halogens is 3. The van der Waals surface area contributed by atoms with E-state index in [1.165, 1.54) is 11.1 Å². The molecule has 18 nitrogen and oxygen atoms in total. The Morgan fingerprint density at radius 2 is 1.60 bits per heavy atom. The summed E-state index contributed by atoms with van der Waals surface area (Å²) in [7, 11) is -4.38. The summed E-state index contributed by atoms with van der Waals surface area (Å²) in [5, 5.41) is 17.2. The number of pyridine rings is 1. The van der Waals surface area contributed by atoms with Crippen LogP contribution >= 0.6 is 11.3 Å². The monoisotopic (exact) mass is 1170 g/mol. The number of rotatable bonds is 16. The third kappa shape index (κ3) is 12.7. The van der Waals surface area contributed by atoms with E-state index in [1.807, 2.05) is 93.4 Å². The van der Waals surface area contributed by atoms with Gasteiger partial charge in [0.15, 0.2) is 5.82 Å². The Balaban J connectivity index is 0.706. The molecule has 4 aliphatic rings. The number of thiazole rings is 1. The van der Waals surface area contributed by atoms with Crippen molar-refractivity contribution in [2.24, 2.45) is 5.41 Å². The van der Waals surface area contributed by atoms with Crippen LogP contribution in [0, 0.1) is 24.0 Å². The van der Waals surface area contributed by atoms with Gasteiger partial charge in [-0.1, -0.05) is 57.2 Å². The van der Waals surface area contributed by atoms with E-state index in [1.54, 1.807) is 23.6 Å². The van der Waals surface area contributed by atoms with Crippen molar-refractivity contribution in [2.75, 3.05) is 75.1 Å². The van der Waals surface area contributed by atoms with Gasteiger partial charge in [0, 0.05) is 99.4 Å². The summed E-state index contributed by atoms with van der Waals surface area (Å²) >= 11 is 1.57. The maximum absolute atomic E-state index is 15.9. The smallest absolute Gasteiger partial charge is 0.301 e. The van der Waals surface area contributed by atoms with Crippen LogP contribution in [0.15, 0.2) is 84.6 Å². The minimum absolute atomic E-state index is 0.00717. The van der Waals surface area contributed by atoms with Gasteiger partial charge in [-0.05, 0) is 98.5 Å². The molecule has 4 aliphatic heterocycles. The Hall–Kier alpha value is -6.76. The predicted octanol–water partition coefficient (Wildman–Crippen LogP) is 7.22. The number of H-pyrrole nitrogens is 1. The average Bonchev–Trinajstić information content (AvgIpc) is 4.15. The number of benzene rings is 3. The Morgan fingerprint density at radius 3 is 2.28 bits per heavy atom. The number of alkyl halides is 1. The fourth-order valence-corrected chi connectivity index (χ4v) is 13.8. The van der Waals surface area contributed by atoms with Gasteiger partial charge in [0.05, 0.1) is 46.0 Å². The van der Waals surface area contributed by atoms with E-state index < -0.39 is 81.1 Å². The van der Waals surface area contributed by atoms with E-state index in [4.69, 9.17) is 0 Å². The summed E-state index contributed by atoms with van der Waals surface area (Å²) in [5.74, 6) is -4.63. The van der Waals surface area contributed by atoms with Crippen molar-refractivity contribution < 1.29 is 45.9 Å². The largest absolute Gasteiger partial charge is 0.391 e. The minimum Gasteiger partial charge on any atom is -0.391 e. The zero-order valence-corrected chi connectivity index (χ0v) is 48.3. The summed E-state index contributed by atoms with van der Waals surface area (Å²) in [4.78, 5) is 77.2. The second-order valence-electron chi connectivity index (χ2n) is 23.1. The zero-order valence-electron chi connectivity index (χ0n) is 46.6. The highest BCUT2D eigenvalue weighted by molar-refractivity contribution is 7.90. The number of aromatic amines is 1. The first-order valence-electron chi connectivity index (χ1n) is 27.9. The van der Waals surface area contributed by atoms with Crippen LogP contribution in [-0.2, 0) is 24.6 Å². The maximum atomic E-state index is 15.9. The average molecular weight is 1170 g/mol. The molecule has 0 bridgehead atoms. The molecular formula is C59H70F3N11O7S2. The van der Waals surface area contributed by atoms with E-state index in [-0.39, 0.29) is 55.9 Å². The number of ketones is 1. The second-order valence-corrected chi connectivity index (χ2v) is 25.6. The summed E-state index contributed by atoms with van der Waals surface area (Å²) < 4.78 is 73.5. The number of carbonyl (C=O) groups is 4. The van der Waals surface area contributed by atoms with E-state index in [0.717, 1.165) is 101 Å². The van der Waals surface area contributed by atoms with E-state index in [0.29, 0.717) is 29.2 Å². The molecule has 3 aromatic carbocycles. The fraction of sp³-hybridized carbons (Fsp3) is 0.458. The first kappa shape index (κ1) is 58.4. The number of nitrogens with one attached hydrogen (secondary N) is 4. The molecule has 6 atom stereocenters. The summed E-state index contributed by atoms with van der Waals surface area (Å²) in [6.45, 7) is 13.9. The molecule has 4 saturated heterocycles. The van der Waals surface area contributed by atoms with Crippen LogP contribution < -0.4 is 20.3 Å². The van der Waals surface area contributed by atoms with Crippen LogP contribution in [0.5, 0.6) is 0 Å². The van der Waals surface area contributed by atoms with Crippen LogP contribution in [0.25, 0.3) is 32.6 Å². The fourth-order valence-electron chi connectivity index (χ4n) is 11.7. The van der Waals surface area contributed by atoms with Crippen LogP contribution in [-0.4, -0.2) is 167 Å². The highest BCUT2D eigenvalue weighted by Crippen LogP contribution is 2.34. The molecule has 0 aliphatic carbocycles. The topological polar surface area (TPSA) is 217 Å². The number of hydrogen-bond donors (Lipinski definition) is 5. The standard InChI is InChI=1S/C59H70F3N11O7S2/c1-35(37-8-10-39(11-9-37)54-36(2)65-34-81-54)66-57(77)49-28-44(74)32-73(49)58(78)55(59(3,4)5)67-50(75)33-69-20-6-7-42(19-21-69)70-23-25-71(26-24-70)43-14-12-38(13-15-43)40-27-45-46(30-64-56(45)63-29-40)53(76)51-47(61)16-17-48(52(51)62)68-82(79,80)72-22-18-41(60)31-72/h8-17,27,29-30,34-35,41-42,44,49,55,68,74H,6-7,18-26,28,31-33H2,1-5H3,(H,63,64)(H,66,77)(H,67,75)/t35-,41+,42?,44+,49-,55+/m0/s1. The van der Waals surface area contributed by atoms with Gasteiger partial charge in [-0.25, -0.2) is 23.1 Å². The number of fused-ring (bicyclic) bond motifs is 1. The number of aliphatic hydroxyl groups excluding tert-OH is 1. The lowest BCUT2D eigenvalue weighted by molar-refractivity contribution is -0.144. The molecular weight excluding hydrogens is 1100 g/mol. The van der Waals surface area contributed by atoms with Gasteiger partial charge in [-0.2, -0.15) is 12.7 Å². The predicted molar refractivity (Wildman–Crippen MR) is 309 cm³/mol. The number of carbonyl (C=O) groups excluding carboxylic acids is 4. The number of aromatic nitrogens is 3. The molecule has 1 unspecified atom stereocenters. The zero-order chi connectivity index (χ0) is 58.2. The molecule has 3 aromatic heterocycles. The second kappa shape index (κ2) is 24.2. The van der Waals surface area contributed by atoms with Gasteiger partial charge < -0.3 is 30.5 Å². The third-order valence-corrected chi connectivity index (χ3v) is 18.8. The Morgan fingerprint density at radius 1 is 0.866 bits per heavy atom. The molecule has 3 amide bonds. The number of hydrogen-bond acceptors (Lipinski definition) is 13. The molecule has 23 heteroatoms. The maximum Gasteiger partial charge on any atom is 0.301 e. The van der Waals surface area contributed by atoms with Crippen LogP contribution in [0.3, 0.4) is 0 Å². The van der Waals surface area contributed by atoms with Gasteiger partial charge in [-0.3, -0.25) is 33.7 Å². The van der Waals surface area contributed by atoms with Crippen LogP contribution in [0.2, 0.25) is 0 Å². The van der Waals surface area contributed by atoms with Gasteiger partial charge in [0.1, 0.15) is 29.7 Å². The van der Waals surface area contributed by atoms with Crippen LogP contribution in [0.1, 0.15) is 93.0 Å². The number of aliphatic hydroxyl groups is 1. The van der Waals surface area contributed by atoms with Crippen molar-refractivity contribution >= 4 is 67.5 Å². The normalized spacial score (nSPS) is 21.3. The van der Waals surface area contributed by atoms with Crippen LogP contribution in [0.4, 0.5) is 24.5 Å². The third-order valence-electron chi connectivity index (χ3n) is 16.4. The molecule has 5 N–H and O–H groups in total. The summed E-state index contributed by atoms with van der Waals surface area (Å²) in [6.07, 6.45) is 3.56. The molecule has 0 spiro atoms. The summed E-state index contributed by atoms with van der Waals surface area (Å²) in [5.41, 5.74) is 5.17. The van der Waals surface area contributed by atoms with Crippen molar-refractivity contribution in [3.63, 3.8) is 0 Å². The van der Waals surface area contributed by atoms with E-state index in [9.17, 15) is 37.1 Å². The Labute approximate surface area is 479 Å². The van der Waals surface area contributed by atoms with Gasteiger partial charge in [-0.15, -0.1) is 11.3 Å². The number of likely N-dealkylation sites (tertiary alicyclic amines) is 2. The number of piperazine rings is 1. The number of nitrogens with zero attached hydrogens (tertiary/aromatic N) is 7. The minimum atomic E-state index is -4.38. The summed E-state index contributed by atoms with van der Waals surface area (Å²) in [6, 6.07) is 17.5. The highest BCUT2D eigenvalue weighted by Gasteiger charge is 2.45. The van der Waals surface area contributed by atoms with Crippen molar-refractivity contribution in [3.8, 4) is 21.6 Å². The van der Waals surface area contributed by atoms with Crippen molar-refractivity contribution in [1.29, 1.82) is 0 Å². The molecule has 436 valence electrons. The molecule has 0 radical (unpaired) electrons. The Bertz CT molecular complexity index is 3440. The van der Waals surface area contributed by atoms with Crippen molar-refractivity contribution in [2.45, 2.75) is 103 Å². The van der Waals surface area contributed by atoms with Gasteiger partial charge >= 0.3 is 10.2 Å². The first-order chi connectivity index (χ1) is 39.1. The van der Waals surface area contributed by atoms with Gasteiger partial charge in [0.25, 0.3) is 0 Å². The van der Waals surface area contributed by atoms with E-state index >= 15 is 8.78 Å². The number of β-amino-alcohol motifs (C(OH)–C–C–N with tert-alkyl or cyclic N) is 1. The molecule has 0 saturated carbocycles. The lowest BCUT2D eigenvalue weighted by Crippen LogP contribution is -2.58.